The molecule has 3 rings (SSSR count). The van der Waals surface area contributed by atoms with Gasteiger partial charge in [0.1, 0.15) is 5.69 Å². The Morgan fingerprint density at radius 3 is 2.52 bits per heavy atom. The fourth-order valence-electron chi connectivity index (χ4n) is 2.45. The Labute approximate surface area is 138 Å². The van der Waals surface area contributed by atoms with Crippen LogP contribution in [-0.4, -0.2) is 52.9 Å². The number of hydrogen-bond donors (Lipinski definition) is 1. The molecule has 0 spiro atoms. The lowest BCUT2D eigenvalue weighted by molar-refractivity contribution is 0.0659. The second-order valence-corrected chi connectivity index (χ2v) is 6.26. The van der Waals surface area contributed by atoms with Gasteiger partial charge in [0, 0.05) is 37.3 Å². The maximum Gasteiger partial charge on any atom is 0.317 e. The molecule has 120 valence electrons. The molecule has 1 aliphatic heterocycles. The second-order valence-electron chi connectivity index (χ2n) is 5.23. The fraction of sp³-hybridized carbons (Fsp3) is 0.312. The number of aromatic nitrogens is 1. The van der Waals surface area contributed by atoms with E-state index in [-0.39, 0.29) is 11.9 Å². The number of pyridine rings is 1. The van der Waals surface area contributed by atoms with Gasteiger partial charge in [-0.15, -0.1) is 11.3 Å². The van der Waals surface area contributed by atoms with Gasteiger partial charge < -0.3 is 15.1 Å². The van der Waals surface area contributed by atoms with Crippen LogP contribution < -0.4 is 5.32 Å². The van der Waals surface area contributed by atoms with Crippen molar-refractivity contribution < 1.29 is 9.59 Å². The van der Waals surface area contributed by atoms with E-state index >= 15 is 0 Å². The molecule has 1 N–H and O–H groups in total. The average molecular weight is 330 g/mol. The van der Waals surface area contributed by atoms with Crippen LogP contribution in [0.5, 0.6) is 0 Å². The van der Waals surface area contributed by atoms with Crippen LogP contribution in [0.3, 0.4) is 0 Å². The molecule has 1 saturated heterocycles. The number of urea groups is 1. The first-order valence-corrected chi connectivity index (χ1v) is 8.37. The van der Waals surface area contributed by atoms with E-state index in [0.717, 1.165) is 4.88 Å². The standard InChI is InChI=1S/C16H18N4O2S/c21-15(14-5-1-2-6-17-14)19-7-9-20(10-8-19)16(22)18-12-13-4-3-11-23-13/h1-6,11H,7-10,12H2,(H,18,22). The highest BCUT2D eigenvalue weighted by Gasteiger charge is 2.25. The molecule has 1 fully saturated rings. The molecule has 0 radical (unpaired) electrons. The fourth-order valence-corrected chi connectivity index (χ4v) is 3.10. The molecule has 3 heterocycles. The molecule has 6 nitrogen and oxygen atoms in total. The van der Waals surface area contributed by atoms with Gasteiger partial charge in [0.2, 0.25) is 0 Å². The number of carbonyl (C=O) groups is 2. The van der Waals surface area contributed by atoms with Gasteiger partial charge in [0.05, 0.1) is 6.54 Å². The van der Waals surface area contributed by atoms with Crippen LogP contribution >= 0.6 is 11.3 Å². The first kappa shape index (κ1) is 15.5. The summed E-state index contributed by atoms with van der Waals surface area (Å²) in [5.74, 6) is -0.0794. The molecule has 0 atom stereocenters. The minimum absolute atomic E-state index is 0.0794. The van der Waals surface area contributed by atoms with Crippen LogP contribution in [0.4, 0.5) is 4.79 Å². The molecule has 0 unspecified atom stereocenters. The maximum absolute atomic E-state index is 12.3. The van der Waals surface area contributed by atoms with Crippen LogP contribution in [0.15, 0.2) is 41.9 Å². The van der Waals surface area contributed by atoms with Gasteiger partial charge in [0.25, 0.3) is 5.91 Å². The summed E-state index contributed by atoms with van der Waals surface area (Å²) in [5, 5.41) is 4.90. The van der Waals surface area contributed by atoms with Crippen LogP contribution in [-0.2, 0) is 6.54 Å². The predicted octanol–water partition coefficient (Wildman–Crippen LogP) is 1.81. The number of rotatable bonds is 3. The van der Waals surface area contributed by atoms with E-state index in [1.165, 1.54) is 0 Å². The monoisotopic (exact) mass is 330 g/mol. The third kappa shape index (κ3) is 3.87. The molecular weight excluding hydrogens is 312 g/mol. The average Bonchev–Trinajstić information content (AvgIpc) is 3.13. The van der Waals surface area contributed by atoms with Crippen molar-refractivity contribution in [3.63, 3.8) is 0 Å². The zero-order valence-electron chi connectivity index (χ0n) is 12.6. The molecule has 0 aliphatic carbocycles. The van der Waals surface area contributed by atoms with Gasteiger partial charge in [-0.05, 0) is 23.6 Å². The zero-order chi connectivity index (χ0) is 16.1. The first-order chi connectivity index (χ1) is 11.2. The molecule has 2 aromatic heterocycles. The molecule has 2 aromatic rings. The number of nitrogens with zero attached hydrogens (tertiary/aromatic N) is 3. The van der Waals surface area contributed by atoms with Crippen molar-refractivity contribution in [3.05, 3.63) is 52.5 Å². The topological polar surface area (TPSA) is 65.5 Å². The zero-order valence-corrected chi connectivity index (χ0v) is 13.5. The summed E-state index contributed by atoms with van der Waals surface area (Å²) in [6.07, 6.45) is 1.61. The van der Waals surface area contributed by atoms with Crippen LogP contribution in [0, 0.1) is 0 Å². The molecule has 3 amide bonds. The van der Waals surface area contributed by atoms with E-state index in [0.29, 0.717) is 38.4 Å². The van der Waals surface area contributed by atoms with Gasteiger partial charge in [-0.25, -0.2) is 4.79 Å². The van der Waals surface area contributed by atoms with E-state index in [9.17, 15) is 9.59 Å². The Morgan fingerprint density at radius 2 is 1.87 bits per heavy atom. The number of hydrogen-bond acceptors (Lipinski definition) is 4. The number of amides is 3. The number of carbonyl (C=O) groups excluding carboxylic acids is 2. The summed E-state index contributed by atoms with van der Waals surface area (Å²) < 4.78 is 0. The molecule has 0 saturated carbocycles. The summed E-state index contributed by atoms with van der Waals surface area (Å²) in [4.78, 5) is 33.1. The summed E-state index contributed by atoms with van der Waals surface area (Å²) in [6, 6.07) is 9.18. The number of piperazine rings is 1. The lowest BCUT2D eigenvalue weighted by atomic mass is 10.2. The van der Waals surface area contributed by atoms with E-state index < -0.39 is 0 Å². The first-order valence-electron chi connectivity index (χ1n) is 7.49. The number of nitrogens with one attached hydrogen (secondary N) is 1. The van der Waals surface area contributed by atoms with Crippen molar-refractivity contribution in [2.45, 2.75) is 6.54 Å². The minimum atomic E-state index is -0.0802. The van der Waals surface area contributed by atoms with Gasteiger partial charge >= 0.3 is 6.03 Å². The molecule has 7 heteroatoms. The highest BCUT2D eigenvalue weighted by atomic mass is 32.1. The molecule has 0 aromatic carbocycles. The van der Waals surface area contributed by atoms with Crippen LogP contribution in [0.2, 0.25) is 0 Å². The Kier molecular flexibility index (Phi) is 4.87. The van der Waals surface area contributed by atoms with Crippen molar-refractivity contribution in [2.75, 3.05) is 26.2 Å². The highest BCUT2D eigenvalue weighted by Crippen LogP contribution is 2.09. The van der Waals surface area contributed by atoms with Gasteiger partial charge in [-0.2, -0.15) is 0 Å². The van der Waals surface area contributed by atoms with Crippen molar-refractivity contribution in [3.8, 4) is 0 Å². The van der Waals surface area contributed by atoms with Crippen molar-refractivity contribution in [2.24, 2.45) is 0 Å². The summed E-state index contributed by atoms with van der Waals surface area (Å²) in [5.41, 5.74) is 0.447. The van der Waals surface area contributed by atoms with Crippen LogP contribution in [0.1, 0.15) is 15.4 Å². The highest BCUT2D eigenvalue weighted by molar-refractivity contribution is 7.09. The van der Waals surface area contributed by atoms with Gasteiger partial charge in [-0.3, -0.25) is 9.78 Å². The SMILES string of the molecule is O=C(NCc1cccs1)N1CCN(C(=O)c2ccccn2)CC1. The Balaban J connectivity index is 1.48. The van der Waals surface area contributed by atoms with E-state index in [4.69, 9.17) is 0 Å². The van der Waals surface area contributed by atoms with E-state index in [1.807, 2.05) is 17.5 Å². The molecule has 1 aliphatic rings. The summed E-state index contributed by atoms with van der Waals surface area (Å²) >= 11 is 1.62. The number of thiophene rings is 1. The predicted molar refractivity (Wildman–Crippen MR) is 88.3 cm³/mol. The van der Waals surface area contributed by atoms with Crippen LogP contribution in [0.25, 0.3) is 0 Å². The van der Waals surface area contributed by atoms with Gasteiger partial charge in [-0.1, -0.05) is 12.1 Å². The Bertz CT molecular complexity index is 652. The summed E-state index contributed by atoms with van der Waals surface area (Å²) in [7, 11) is 0. The van der Waals surface area contributed by atoms with Gasteiger partial charge in [0.15, 0.2) is 0 Å². The van der Waals surface area contributed by atoms with Crippen molar-refractivity contribution in [1.29, 1.82) is 0 Å². The van der Waals surface area contributed by atoms with Crippen molar-refractivity contribution in [1.82, 2.24) is 20.1 Å². The van der Waals surface area contributed by atoms with E-state index in [1.54, 1.807) is 45.5 Å². The summed E-state index contributed by atoms with van der Waals surface area (Å²) in [6.45, 7) is 2.68. The third-order valence-corrected chi connectivity index (χ3v) is 4.61. The smallest absolute Gasteiger partial charge is 0.317 e. The molecule has 23 heavy (non-hydrogen) atoms. The third-order valence-electron chi connectivity index (χ3n) is 3.73. The Hall–Kier alpha value is -2.41. The lowest BCUT2D eigenvalue weighted by Gasteiger charge is -2.34. The second kappa shape index (κ2) is 7.23. The minimum Gasteiger partial charge on any atom is -0.334 e. The quantitative estimate of drug-likeness (QED) is 0.933. The Morgan fingerprint density at radius 1 is 1.09 bits per heavy atom. The van der Waals surface area contributed by atoms with E-state index in [2.05, 4.69) is 10.3 Å². The lowest BCUT2D eigenvalue weighted by Crippen LogP contribution is -2.53. The molecule has 0 bridgehead atoms. The largest absolute Gasteiger partial charge is 0.334 e. The normalized spacial score (nSPS) is 14.6. The molecular formula is C16H18N4O2S. The maximum atomic E-state index is 12.3. The van der Waals surface area contributed by atoms with Crippen molar-refractivity contribution >= 4 is 23.3 Å².